The van der Waals surface area contributed by atoms with Crippen molar-refractivity contribution in [3.63, 3.8) is 0 Å². The lowest BCUT2D eigenvalue weighted by atomic mass is 9.81. The highest BCUT2D eigenvalue weighted by Gasteiger charge is 2.26. The fourth-order valence-corrected chi connectivity index (χ4v) is 13.7. The average Bonchev–Trinajstić information content (AvgIpc) is 4.31. The summed E-state index contributed by atoms with van der Waals surface area (Å²) in [4.78, 5) is 0. The van der Waals surface area contributed by atoms with Crippen molar-refractivity contribution in [1.29, 1.82) is 0 Å². The second-order valence-electron chi connectivity index (χ2n) is 20.9. The normalized spacial score (nSPS) is 12.1. The maximum Gasteiger partial charge on any atom is 0.136 e. The molecule has 13 aromatic carbocycles. The number of rotatable bonds is 8. The molecule has 3 nitrogen and oxygen atoms in total. The van der Waals surface area contributed by atoms with Gasteiger partial charge < -0.3 is 13.6 Å². The number of para-hydroxylation sites is 4. The Balaban J connectivity index is 0.939. The number of nitrogens with zero attached hydrogens (tertiary/aromatic N) is 2. The van der Waals surface area contributed by atoms with Crippen molar-refractivity contribution in [3.05, 3.63) is 279 Å². The lowest BCUT2D eigenvalue weighted by Crippen LogP contribution is -1.97. The van der Waals surface area contributed by atoms with E-state index in [9.17, 15) is 0 Å². The van der Waals surface area contributed by atoms with Crippen LogP contribution in [0, 0.1) is 0 Å². The first kappa shape index (κ1) is 45.7. The van der Waals surface area contributed by atoms with Crippen molar-refractivity contribution < 1.29 is 4.42 Å². The molecule has 0 aliphatic rings. The Bertz CT molecular complexity index is 5200. The molecule has 0 atom stereocenters. The van der Waals surface area contributed by atoms with Gasteiger partial charge in [0, 0.05) is 43.7 Å². The van der Waals surface area contributed by atoms with Crippen LogP contribution in [0.25, 0.3) is 166 Å². The van der Waals surface area contributed by atoms with Crippen molar-refractivity contribution in [2.75, 3.05) is 0 Å². The molecular formula is C77H50N2O. The fraction of sp³-hybridized carbons (Fsp3) is 0.0130. The van der Waals surface area contributed by atoms with Crippen LogP contribution in [0.2, 0.25) is 0 Å². The number of hydrogen-bond donors (Lipinski definition) is 0. The van der Waals surface area contributed by atoms with Crippen molar-refractivity contribution in [3.8, 4) is 55.9 Å². The molecule has 16 rings (SSSR count). The first-order valence-corrected chi connectivity index (χ1v) is 27.6. The summed E-state index contributed by atoms with van der Waals surface area (Å²) in [5.41, 5.74) is 20.3. The third-order valence-electron chi connectivity index (χ3n) is 16.8. The molecule has 0 N–H and O–H groups in total. The number of benzene rings is 13. The number of furan rings is 1. The van der Waals surface area contributed by atoms with Crippen LogP contribution in [0.5, 0.6) is 0 Å². The number of fused-ring (bicyclic) bond motifs is 12. The molecule has 3 heterocycles. The number of hydrogen-bond acceptors (Lipinski definition) is 1. The van der Waals surface area contributed by atoms with Gasteiger partial charge in [0.2, 0.25) is 0 Å². The minimum absolute atomic E-state index is 0.844. The largest absolute Gasteiger partial charge is 0.456 e. The minimum atomic E-state index is 0.844. The van der Waals surface area contributed by atoms with Gasteiger partial charge in [0.1, 0.15) is 11.2 Å². The SMILES string of the molecule is C=Cc1c(/C=C\C)c(-c2cccc3c2c2ccccc2n3-c2ccccc2)c2ccccc2c1-c1cccc2oc3ccc(-c4c5ccccc5c(-c5cccc6c5c5ccccc5n6-c5ccccc5)c5ccccc45)cc3c12. The Labute approximate surface area is 462 Å². The third-order valence-corrected chi connectivity index (χ3v) is 16.8. The summed E-state index contributed by atoms with van der Waals surface area (Å²) in [6.45, 7) is 6.73. The summed E-state index contributed by atoms with van der Waals surface area (Å²) in [5.74, 6) is 0. The first-order chi connectivity index (χ1) is 39.7. The summed E-state index contributed by atoms with van der Waals surface area (Å²) in [7, 11) is 0. The summed E-state index contributed by atoms with van der Waals surface area (Å²) in [6.07, 6.45) is 6.52. The van der Waals surface area contributed by atoms with Gasteiger partial charge in [0.05, 0.1) is 22.1 Å². The van der Waals surface area contributed by atoms with Gasteiger partial charge in [-0.25, -0.2) is 0 Å². The van der Waals surface area contributed by atoms with Gasteiger partial charge in [0.25, 0.3) is 0 Å². The van der Waals surface area contributed by atoms with Crippen LogP contribution in [0.3, 0.4) is 0 Å². The molecule has 80 heavy (non-hydrogen) atoms. The molecule has 0 bridgehead atoms. The van der Waals surface area contributed by atoms with Crippen LogP contribution < -0.4 is 0 Å². The summed E-state index contributed by atoms with van der Waals surface area (Å²) >= 11 is 0. The highest BCUT2D eigenvalue weighted by Crippen LogP contribution is 2.52. The second-order valence-corrected chi connectivity index (χ2v) is 20.9. The molecule has 0 fully saturated rings. The molecule has 0 saturated heterocycles. The molecule has 0 spiro atoms. The van der Waals surface area contributed by atoms with Gasteiger partial charge in [-0.15, -0.1) is 0 Å². The summed E-state index contributed by atoms with van der Waals surface area (Å²) < 4.78 is 11.7. The number of aromatic nitrogens is 2. The first-order valence-electron chi connectivity index (χ1n) is 27.6. The van der Waals surface area contributed by atoms with Crippen molar-refractivity contribution >= 4 is 110 Å². The second kappa shape index (κ2) is 18.1. The van der Waals surface area contributed by atoms with E-state index in [2.05, 4.69) is 296 Å². The zero-order chi connectivity index (χ0) is 53.0. The Morgan fingerprint density at radius 2 is 0.738 bits per heavy atom. The third kappa shape index (κ3) is 6.62. The van der Waals surface area contributed by atoms with E-state index < -0.39 is 0 Å². The highest BCUT2D eigenvalue weighted by atomic mass is 16.3. The van der Waals surface area contributed by atoms with Gasteiger partial charge in [-0.3, -0.25) is 0 Å². The maximum absolute atomic E-state index is 6.91. The molecule has 374 valence electrons. The van der Waals surface area contributed by atoms with Crippen molar-refractivity contribution in [2.45, 2.75) is 6.92 Å². The molecule has 3 aromatic heterocycles. The molecule has 0 aliphatic carbocycles. The molecule has 0 radical (unpaired) electrons. The fourth-order valence-electron chi connectivity index (χ4n) is 13.7. The quantitative estimate of drug-likeness (QED) is 0.139. The predicted molar refractivity (Wildman–Crippen MR) is 341 cm³/mol. The Morgan fingerprint density at radius 1 is 0.325 bits per heavy atom. The average molecular weight is 1020 g/mol. The van der Waals surface area contributed by atoms with Gasteiger partial charge in [0.15, 0.2) is 0 Å². The van der Waals surface area contributed by atoms with Crippen LogP contribution in [0.4, 0.5) is 0 Å². The van der Waals surface area contributed by atoms with E-state index >= 15 is 0 Å². The van der Waals surface area contributed by atoms with Gasteiger partial charge in [-0.05, 0) is 162 Å². The van der Waals surface area contributed by atoms with Crippen LogP contribution in [-0.2, 0) is 0 Å². The Morgan fingerprint density at radius 3 is 1.25 bits per heavy atom. The van der Waals surface area contributed by atoms with Crippen LogP contribution >= 0.6 is 0 Å². The zero-order valence-electron chi connectivity index (χ0n) is 44.0. The van der Waals surface area contributed by atoms with E-state index in [1.54, 1.807) is 0 Å². The minimum Gasteiger partial charge on any atom is -0.456 e. The van der Waals surface area contributed by atoms with Crippen LogP contribution in [0.15, 0.2) is 272 Å². The van der Waals surface area contributed by atoms with Gasteiger partial charge in [-0.1, -0.05) is 213 Å². The van der Waals surface area contributed by atoms with E-state index in [1.165, 1.54) is 98.4 Å². The van der Waals surface area contributed by atoms with Crippen molar-refractivity contribution in [1.82, 2.24) is 9.13 Å². The molecule has 0 amide bonds. The smallest absolute Gasteiger partial charge is 0.136 e. The standard InChI is InChI=1S/C77H50N2O/c1-3-24-52-51(4-2)72(57-33-15-16-34-58(57)73(52)61-37-21-42-67-75(61)59-35-17-19-40-65(59)78(67)49-25-7-5-8-26-49)63-39-23-44-70-77(63)64-47-48(45-46-69(64)80-70)71-53-29-11-13-31-55(53)74(56-32-14-12-30-54(56)71)62-38-22-43-68-76(62)60-36-18-20-41-66(60)79(68)50-27-9-6-10-28-50/h3-47H,2H2,1H3/b24-3-. The summed E-state index contributed by atoms with van der Waals surface area (Å²) in [5, 5.41) is 14.2. The Kier molecular flexibility index (Phi) is 10.3. The zero-order valence-corrected chi connectivity index (χ0v) is 44.0. The molecule has 0 unspecified atom stereocenters. The van der Waals surface area contributed by atoms with Crippen LogP contribution in [-0.4, -0.2) is 9.13 Å². The molecule has 0 aliphatic heterocycles. The Hall–Kier alpha value is -10.5. The predicted octanol–water partition coefficient (Wildman–Crippen LogP) is 21.6. The molecular weight excluding hydrogens is 969 g/mol. The maximum atomic E-state index is 6.91. The van der Waals surface area contributed by atoms with Crippen molar-refractivity contribution in [2.24, 2.45) is 0 Å². The van der Waals surface area contributed by atoms with Gasteiger partial charge >= 0.3 is 0 Å². The molecule has 16 aromatic rings. The topological polar surface area (TPSA) is 23.0 Å². The van der Waals surface area contributed by atoms with E-state index in [4.69, 9.17) is 4.42 Å². The van der Waals surface area contributed by atoms with E-state index in [-0.39, 0.29) is 0 Å². The molecule has 3 heteroatoms. The van der Waals surface area contributed by atoms with Gasteiger partial charge in [-0.2, -0.15) is 0 Å². The summed E-state index contributed by atoms with van der Waals surface area (Å²) in [6, 6.07) is 93.0. The molecule has 0 saturated carbocycles. The van der Waals surface area contributed by atoms with E-state index in [1.807, 2.05) is 0 Å². The van der Waals surface area contributed by atoms with E-state index in [0.717, 1.165) is 66.5 Å². The number of allylic oxidation sites excluding steroid dienone is 1. The highest BCUT2D eigenvalue weighted by molar-refractivity contribution is 6.28. The lowest BCUT2D eigenvalue weighted by molar-refractivity contribution is 0.669. The van der Waals surface area contributed by atoms with E-state index in [0.29, 0.717) is 0 Å². The monoisotopic (exact) mass is 1020 g/mol. The van der Waals surface area contributed by atoms with Crippen LogP contribution in [0.1, 0.15) is 18.1 Å². The lowest BCUT2D eigenvalue weighted by Gasteiger charge is -2.21.